The molecule has 10 rings (SSSR count). The first-order chi connectivity index (χ1) is 27.7. The molecule has 2 atom stereocenters. The molecule has 0 saturated heterocycles. The van der Waals surface area contributed by atoms with Crippen molar-refractivity contribution in [2.75, 3.05) is 0 Å². The summed E-state index contributed by atoms with van der Waals surface area (Å²) in [6, 6.07) is 56.1. The fourth-order valence-electron chi connectivity index (χ4n) is 8.18. The number of aromatic nitrogens is 3. The fourth-order valence-corrected chi connectivity index (χ4v) is 8.18. The highest BCUT2D eigenvalue weighted by molar-refractivity contribution is 6.12. The summed E-state index contributed by atoms with van der Waals surface area (Å²) in [5.74, 6) is 2.34. The summed E-state index contributed by atoms with van der Waals surface area (Å²) in [7, 11) is 0. The van der Waals surface area contributed by atoms with Crippen LogP contribution in [0.4, 0.5) is 0 Å². The molecule has 0 bridgehead atoms. The van der Waals surface area contributed by atoms with Crippen molar-refractivity contribution in [3.05, 3.63) is 205 Å². The molecule has 56 heavy (non-hydrogen) atoms. The maximum absolute atomic E-state index is 5.16. The van der Waals surface area contributed by atoms with Crippen molar-refractivity contribution in [2.45, 2.75) is 24.7 Å². The Balaban J connectivity index is 1.12. The highest BCUT2D eigenvalue weighted by Crippen LogP contribution is 2.41. The zero-order valence-electron chi connectivity index (χ0n) is 30.8. The van der Waals surface area contributed by atoms with Crippen LogP contribution >= 0.6 is 0 Å². The second kappa shape index (κ2) is 14.7. The smallest absolute Gasteiger partial charge is 0.164 e. The molecule has 1 aliphatic heterocycles. The van der Waals surface area contributed by atoms with Crippen LogP contribution in [0.25, 0.3) is 72.4 Å². The Morgan fingerprint density at radius 2 is 1.09 bits per heavy atom. The third-order valence-corrected chi connectivity index (χ3v) is 11.0. The minimum absolute atomic E-state index is 0.141. The van der Waals surface area contributed by atoms with E-state index in [1.807, 2.05) is 42.6 Å². The fraction of sp³-hybridized carbons (Fsp3) is 0.0769. The van der Waals surface area contributed by atoms with Crippen molar-refractivity contribution in [1.82, 2.24) is 15.0 Å². The van der Waals surface area contributed by atoms with Crippen LogP contribution in [0.2, 0.25) is 0 Å². The lowest BCUT2D eigenvalue weighted by atomic mass is 9.82. The lowest BCUT2D eigenvalue weighted by Gasteiger charge is -2.23. The summed E-state index contributed by atoms with van der Waals surface area (Å²) in [5.41, 5.74) is 10.3. The van der Waals surface area contributed by atoms with Gasteiger partial charge in [0.05, 0.1) is 0 Å². The van der Waals surface area contributed by atoms with Crippen LogP contribution < -0.4 is 0 Å². The minimum Gasteiger partial charge on any atom is -0.269 e. The normalized spacial score (nSPS) is 16.3. The number of aliphatic imine (C=N–C) groups is 1. The molecule has 266 valence electrons. The second-order valence-corrected chi connectivity index (χ2v) is 14.6. The van der Waals surface area contributed by atoms with Crippen molar-refractivity contribution in [2.24, 2.45) is 4.99 Å². The third-order valence-electron chi connectivity index (χ3n) is 11.0. The molecule has 2 aliphatic rings. The van der Waals surface area contributed by atoms with Crippen LogP contribution in [0.5, 0.6) is 0 Å². The van der Waals surface area contributed by atoms with E-state index in [4.69, 9.17) is 15.0 Å². The van der Waals surface area contributed by atoms with Crippen LogP contribution in [-0.4, -0.2) is 21.2 Å². The summed E-state index contributed by atoms with van der Waals surface area (Å²) >= 11 is 0. The van der Waals surface area contributed by atoms with Crippen LogP contribution in [0.1, 0.15) is 41.4 Å². The number of allylic oxidation sites excluding steroid dienone is 5. The molecule has 2 heterocycles. The molecule has 0 saturated carbocycles. The van der Waals surface area contributed by atoms with Crippen molar-refractivity contribution in [1.29, 1.82) is 0 Å². The van der Waals surface area contributed by atoms with Gasteiger partial charge in [-0.3, -0.25) is 4.99 Å². The van der Waals surface area contributed by atoms with Gasteiger partial charge in [-0.1, -0.05) is 164 Å². The molecule has 0 amide bonds. The molecular formula is C52H38N4. The van der Waals surface area contributed by atoms with Gasteiger partial charge in [-0.15, -0.1) is 0 Å². The number of fused-ring (bicyclic) bond motifs is 3. The Morgan fingerprint density at radius 1 is 0.464 bits per heavy atom. The zero-order valence-corrected chi connectivity index (χ0v) is 30.8. The minimum atomic E-state index is 0.141. The predicted molar refractivity (Wildman–Crippen MR) is 232 cm³/mol. The van der Waals surface area contributed by atoms with Crippen LogP contribution in [0.3, 0.4) is 0 Å². The van der Waals surface area contributed by atoms with Crippen LogP contribution in [-0.2, 0) is 0 Å². The SMILES string of the molecule is C1=CC(c2cc(-c3cccc(C4C=NC=CC4)c3)cc(-c3nc(-c4ccccc4)nc(-c4ccccc4)n3)c2)CC(c2cc3ccccc3c3ccccc23)=C1. The maximum Gasteiger partial charge on any atom is 0.164 e. The van der Waals surface area contributed by atoms with E-state index in [9.17, 15) is 0 Å². The Hall–Kier alpha value is -7.04. The van der Waals surface area contributed by atoms with E-state index in [2.05, 4.69) is 157 Å². The van der Waals surface area contributed by atoms with Gasteiger partial charge in [-0.05, 0) is 86.0 Å². The van der Waals surface area contributed by atoms with Crippen molar-refractivity contribution < 1.29 is 0 Å². The standard InChI is InChI=1S/C52H38N4/c1-3-14-35(15-4-1)50-54-51(36-16-5-2-6-17-36)56-52(55-50)45-31-43(38-20-11-19-37(28-38)42-23-13-27-53-34-42)30-44(32-45)39-21-12-22-40(29-39)49-33-41-18-7-8-24-46(41)47-25-9-10-26-48(47)49/h1-22,24-28,30-34,39,42H,23,29H2. The van der Waals surface area contributed by atoms with Gasteiger partial charge in [0.25, 0.3) is 0 Å². The van der Waals surface area contributed by atoms with Crippen molar-refractivity contribution in [3.8, 4) is 45.3 Å². The predicted octanol–water partition coefficient (Wildman–Crippen LogP) is 13.0. The lowest BCUT2D eigenvalue weighted by molar-refractivity contribution is 0.868. The largest absolute Gasteiger partial charge is 0.269 e. The monoisotopic (exact) mass is 718 g/mol. The Labute approximate surface area is 327 Å². The quantitative estimate of drug-likeness (QED) is 0.154. The molecule has 0 fully saturated rings. The van der Waals surface area contributed by atoms with Gasteiger partial charge in [0.1, 0.15) is 0 Å². The molecule has 2 unspecified atom stereocenters. The van der Waals surface area contributed by atoms with Crippen LogP contribution in [0, 0.1) is 0 Å². The van der Waals surface area contributed by atoms with E-state index >= 15 is 0 Å². The van der Waals surface area contributed by atoms with Gasteiger partial charge < -0.3 is 0 Å². The van der Waals surface area contributed by atoms with Gasteiger partial charge in [0, 0.05) is 40.9 Å². The van der Waals surface area contributed by atoms with E-state index in [1.54, 1.807) is 0 Å². The Morgan fingerprint density at radius 3 is 1.82 bits per heavy atom. The summed E-state index contributed by atoms with van der Waals surface area (Å²) < 4.78 is 0. The molecule has 7 aromatic carbocycles. The first-order valence-electron chi connectivity index (χ1n) is 19.3. The van der Waals surface area contributed by atoms with Gasteiger partial charge >= 0.3 is 0 Å². The van der Waals surface area contributed by atoms with E-state index in [1.165, 1.54) is 43.8 Å². The average molecular weight is 719 g/mol. The molecule has 4 nitrogen and oxygen atoms in total. The number of rotatable bonds is 7. The zero-order chi connectivity index (χ0) is 37.3. The number of benzene rings is 7. The molecule has 8 aromatic rings. The molecule has 0 radical (unpaired) electrons. The van der Waals surface area contributed by atoms with Crippen LogP contribution in [0.15, 0.2) is 193 Å². The first kappa shape index (κ1) is 33.5. The van der Waals surface area contributed by atoms with Crippen molar-refractivity contribution >= 4 is 33.3 Å². The van der Waals surface area contributed by atoms with E-state index < -0.39 is 0 Å². The van der Waals surface area contributed by atoms with Gasteiger partial charge in [-0.25, -0.2) is 15.0 Å². The summed E-state index contributed by atoms with van der Waals surface area (Å²) in [6.07, 6.45) is 14.8. The molecular weight excluding hydrogens is 681 g/mol. The number of hydrogen-bond donors (Lipinski definition) is 0. The highest BCUT2D eigenvalue weighted by atomic mass is 15.0. The molecule has 0 N–H and O–H groups in total. The summed E-state index contributed by atoms with van der Waals surface area (Å²) in [5, 5.41) is 5.11. The van der Waals surface area contributed by atoms with E-state index in [0.717, 1.165) is 40.7 Å². The number of hydrogen-bond acceptors (Lipinski definition) is 4. The first-order valence-corrected chi connectivity index (χ1v) is 19.3. The average Bonchev–Trinajstić information content (AvgIpc) is 3.29. The molecule has 1 aliphatic carbocycles. The Kier molecular flexibility index (Phi) is 8.77. The lowest BCUT2D eigenvalue weighted by Crippen LogP contribution is -2.04. The van der Waals surface area contributed by atoms with Gasteiger partial charge in [0.2, 0.25) is 0 Å². The second-order valence-electron chi connectivity index (χ2n) is 14.6. The molecule has 1 aromatic heterocycles. The van der Waals surface area contributed by atoms with Gasteiger partial charge in [-0.2, -0.15) is 0 Å². The van der Waals surface area contributed by atoms with E-state index in [-0.39, 0.29) is 11.8 Å². The summed E-state index contributed by atoms with van der Waals surface area (Å²) in [4.78, 5) is 19.8. The van der Waals surface area contributed by atoms with Gasteiger partial charge in [0.15, 0.2) is 17.5 Å². The number of nitrogens with zero attached hydrogens (tertiary/aromatic N) is 4. The highest BCUT2D eigenvalue weighted by Gasteiger charge is 2.21. The van der Waals surface area contributed by atoms with E-state index in [0.29, 0.717) is 17.5 Å². The third kappa shape index (κ3) is 6.56. The Bertz CT molecular complexity index is 2810. The topological polar surface area (TPSA) is 51.0 Å². The summed E-state index contributed by atoms with van der Waals surface area (Å²) in [6.45, 7) is 0. The molecule has 4 heteroatoms. The maximum atomic E-state index is 5.16. The van der Waals surface area contributed by atoms with Crippen molar-refractivity contribution in [3.63, 3.8) is 0 Å². The molecule has 0 spiro atoms.